The number of guanidine groups is 2. The van der Waals surface area contributed by atoms with Gasteiger partial charge in [-0.2, -0.15) is 0 Å². The standard InChI is InChI=1S/C57H93N13O11.C42H69N7O6/c1-9-34(7)42(51(58)77)28-50(76)46(30-71)70-54(80)38(21-32(3)4)26-49(75)45(22-33(5)6)69-52(78)35(8)23-47(73)43(13-11-19-64-56(59)60)68-55(81)39(25-40-29-63-31-66-40)27-48(74)44(14-12-20-65-57(61)62)67-53(79)37(10-2)24-36-15-17-41(72)18-16-36;1-7-8-9-10-11-12-13-14-15-16-17-18-19-20-39(53)48-36(24-35-26-44-28-46-35)37(51)21-30(4)41(54)49-40(29(2)3)38(52)23-33(22-34-25-43-27-45-34)42(55)47-31(5)32(6)50/h15-18,29,31-35,37-39,42-46,71-72H,9-14,19-28,30H2,1-8H3,(H2,58,77)(H,63,66)(H,67,79)(H,68,81)(H,69,78)(H,70,80)(H4,59,60,64)(H4,61,62,65);25-31,33,36,40H,7-24H2,1-6H3,(H,43,45)(H,44,46)(H,47,55)(H,48,53)(H,49,54)/t34-,35+,37-,38+,39+,42-,43-,44-,45-,46-;30-,31+,33-,36+,40+/m01/s1. The molecule has 0 saturated heterocycles. The van der Waals surface area contributed by atoms with Crippen molar-refractivity contribution < 1.29 is 82.1 Å². The molecule has 4 aromatic rings. The molecule has 1 aromatic carbocycles. The number of nitrogens with zero attached hydrogens (tertiary/aromatic N) is 5. The Hall–Kier alpha value is -11.4. The van der Waals surface area contributed by atoms with Gasteiger partial charge in [0.25, 0.3) is 0 Å². The number of primary amides is 1. The number of carbonyl (C=O) groups excluding carboxylic acids is 15. The molecule has 760 valence electrons. The molecule has 4 rings (SSSR count). The Morgan fingerprint density at radius 3 is 1.24 bits per heavy atom. The van der Waals surface area contributed by atoms with E-state index in [0.717, 1.165) is 24.8 Å². The minimum absolute atomic E-state index is 0.0146. The van der Waals surface area contributed by atoms with Crippen LogP contribution in [0.25, 0.3) is 0 Å². The predicted octanol–water partition coefficient (Wildman–Crippen LogP) is 8.20. The number of rotatable bonds is 72. The molecule has 0 unspecified atom stereocenters. The average Bonchev–Trinajstić information content (AvgIpc) is 1.07. The molecule has 22 N–H and O–H groups in total. The third kappa shape index (κ3) is 47.9. The highest BCUT2D eigenvalue weighted by molar-refractivity contribution is 6.00. The molecular weight excluding hydrogens is 1740 g/mol. The van der Waals surface area contributed by atoms with E-state index in [2.05, 4.69) is 84.0 Å². The maximum atomic E-state index is 14.5. The molecule has 3 heterocycles. The van der Waals surface area contributed by atoms with Gasteiger partial charge in [0.15, 0.2) is 52.4 Å². The van der Waals surface area contributed by atoms with Crippen LogP contribution in [0, 0.1) is 65.1 Å². The summed E-state index contributed by atoms with van der Waals surface area (Å²) in [6, 6.07) is -0.683. The van der Waals surface area contributed by atoms with Gasteiger partial charge in [0.1, 0.15) is 11.8 Å². The summed E-state index contributed by atoms with van der Waals surface area (Å²) in [4.78, 5) is 232. The first-order chi connectivity index (χ1) is 64.5. The molecule has 0 saturated carbocycles. The number of nitrogens with two attached hydrogens (primary N) is 5. The summed E-state index contributed by atoms with van der Waals surface area (Å²) >= 11 is 0. The van der Waals surface area contributed by atoms with Gasteiger partial charge in [-0.25, -0.2) is 15.0 Å². The first-order valence-corrected chi connectivity index (χ1v) is 49.0. The number of amides is 8. The van der Waals surface area contributed by atoms with Crippen LogP contribution in [0.1, 0.15) is 299 Å². The van der Waals surface area contributed by atoms with Crippen LogP contribution in [0.5, 0.6) is 5.75 Å². The van der Waals surface area contributed by atoms with E-state index in [0.29, 0.717) is 49.2 Å². The van der Waals surface area contributed by atoms with Crippen LogP contribution in [0.3, 0.4) is 0 Å². The number of hydrogen-bond donors (Lipinski definition) is 17. The van der Waals surface area contributed by atoms with Crippen LogP contribution in [-0.2, 0) is 97.6 Å². The molecule has 0 aliphatic rings. The monoisotopic (exact) mass is 1900 g/mol. The van der Waals surface area contributed by atoms with Crippen molar-refractivity contribution in [1.29, 1.82) is 0 Å². The summed E-state index contributed by atoms with van der Waals surface area (Å²) in [6.45, 7) is 24.3. The molecule has 8 amide bonds. The number of nitrogens with one attached hydrogen (secondary N) is 10. The number of aliphatic hydroxyl groups excluding tert-OH is 1. The van der Waals surface area contributed by atoms with Gasteiger partial charge >= 0.3 is 0 Å². The molecule has 0 aliphatic carbocycles. The zero-order valence-corrected chi connectivity index (χ0v) is 83.1. The Labute approximate surface area is 803 Å². The van der Waals surface area contributed by atoms with Gasteiger partial charge < -0.3 is 91.1 Å². The van der Waals surface area contributed by atoms with Crippen molar-refractivity contribution in [2.75, 3.05) is 19.7 Å². The number of aromatic hydroxyl groups is 1. The molecule has 37 nitrogen and oxygen atoms in total. The van der Waals surface area contributed by atoms with Crippen LogP contribution >= 0.6 is 0 Å². The van der Waals surface area contributed by atoms with Gasteiger partial charge in [-0.05, 0) is 113 Å². The van der Waals surface area contributed by atoms with E-state index >= 15 is 0 Å². The van der Waals surface area contributed by atoms with Gasteiger partial charge in [0.2, 0.25) is 47.3 Å². The van der Waals surface area contributed by atoms with E-state index < -0.39 is 149 Å². The second-order valence-electron chi connectivity index (χ2n) is 37.9. The smallest absolute Gasteiger partial charge is 0.224 e. The fraction of sp³-hybridized carbons (Fsp3) is 0.677. The van der Waals surface area contributed by atoms with Crippen molar-refractivity contribution in [2.45, 2.75) is 345 Å². The fourth-order valence-corrected chi connectivity index (χ4v) is 16.0. The first kappa shape index (κ1) is 119. The maximum Gasteiger partial charge on any atom is 0.224 e. The minimum atomic E-state index is -1.35. The van der Waals surface area contributed by atoms with E-state index in [9.17, 15) is 82.1 Å². The van der Waals surface area contributed by atoms with E-state index in [1.165, 1.54) is 115 Å². The summed E-state index contributed by atoms with van der Waals surface area (Å²) in [5.41, 5.74) is 30.5. The number of aromatic nitrogens is 6. The van der Waals surface area contributed by atoms with E-state index in [1.54, 1.807) is 59.1 Å². The summed E-state index contributed by atoms with van der Waals surface area (Å²) in [6.07, 6.45) is 26.3. The zero-order valence-electron chi connectivity index (χ0n) is 83.1. The van der Waals surface area contributed by atoms with E-state index in [-0.39, 0.29) is 173 Å². The van der Waals surface area contributed by atoms with Crippen molar-refractivity contribution in [1.82, 2.24) is 67.1 Å². The average molecular weight is 1900 g/mol. The summed E-state index contributed by atoms with van der Waals surface area (Å²) in [5, 5.41) is 39.5. The number of aromatic amines is 3. The summed E-state index contributed by atoms with van der Waals surface area (Å²) < 4.78 is 0. The van der Waals surface area contributed by atoms with Crippen LogP contribution in [0.4, 0.5) is 0 Å². The molecule has 0 bridgehead atoms. The Bertz CT molecular complexity index is 4360. The summed E-state index contributed by atoms with van der Waals surface area (Å²) in [7, 11) is 0. The molecule has 0 spiro atoms. The lowest BCUT2D eigenvalue weighted by molar-refractivity contribution is -0.136. The first-order valence-electron chi connectivity index (χ1n) is 49.0. The molecule has 0 radical (unpaired) electrons. The zero-order chi connectivity index (χ0) is 102. The Morgan fingerprint density at radius 2 is 0.809 bits per heavy atom. The van der Waals surface area contributed by atoms with Crippen molar-refractivity contribution in [3.63, 3.8) is 0 Å². The van der Waals surface area contributed by atoms with Crippen molar-refractivity contribution >= 4 is 99.7 Å². The number of aliphatic imine (C=N–C) groups is 2. The highest BCUT2D eigenvalue weighted by atomic mass is 16.3. The number of benzene rings is 1. The molecule has 15 atom stereocenters. The fourth-order valence-electron chi connectivity index (χ4n) is 16.0. The minimum Gasteiger partial charge on any atom is -0.508 e. The van der Waals surface area contributed by atoms with Crippen molar-refractivity contribution in [3.05, 3.63) is 84.5 Å². The van der Waals surface area contributed by atoms with Crippen LogP contribution in [-0.4, -0.2) is 202 Å². The lowest BCUT2D eigenvalue weighted by Crippen LogP contribution is -2.49. The number of hydrogen-bond acceptors (Lipinski definition) is 22. The molecule has 37 heteroatoms. The Balaban J connectivity index is 0.000000753. The van der Waals surface area contributed by atoms with Gasteiger partial charge in [-0.15, -0.1) is 0 Å². The number of Topliss-reactive ketones (excluding diaryl/α,β-unsaturated/α-hetero) is 7. The number of imidazole rings is 3. The number of H-pyrrole nitrogens is 3. The lowest BCUT2D eigenvalue weighted by Gasteiger charge is -2.27. The Morgan fingerprint density at radius 1 is 0.404 bits per heavy atom. The topological polar surface area (TPSA) is 622 Å². The Kier molecular flexibility index (Phi) is 57.1. The predicted molar refractivity (Wildman–Crippen MR) is 522 cm³/mol. The van der Waals surface area contributed by atoms with Crippen LogP contribution in [0.15, 0.2) is 71.8 Å². The number of phenols is 1. The third-order valence-corrected chi connectivity index (χ3v) is 24.7. The molecule has 3 aromatic heterocycles. The molecule has 0 aliphatic heterocycles. The normalized spacial score (nSPS) is 14.7. The molecular formula is C99H162N20O17. The van der Waals surface area contributed by atoms with Crippen molar-refractivity contribution in [3.8, 4) is 5.75 Å². The highest BCUT2D eigenvalue weighted by Crippen LogP contribution is 2.27. The van der Waals surface area contributed by atoms with E-state index in [4.69, 9.17) is 28.7 Å². The number of carbonyl (C=O) groups is 15. The van der Waals surface area contributed by atoms with Crippen LogP contribution < -0.4 is 65.9 Å². The SMILES string of the molecule is CCCCCCCCCCCCCCCC(=O)N[C@@H](Cc1cnc[nH]1)C(=O)C[C@@H](C)C(=O)N[C@H](C(=O)C[C@@H](Cc1cnc[nH]1)C(=O)N[C@@H](C)C(C)=O)C(C)C.CC[C@@H](Cc1ccc(O)cc1)C(=O)N[C@@H](CCCN=C(N)N)C(=O)C[C@@H](Cc1cnc[nH]1)C(=O)N[C@@H](CCCN=C(N)N)C(=O)C[C@@H](C)C(=O)N[C@@H](CC(C)C)C(=O)C[C@@H](CC(C)C)C(=O)N[C@@H](CO)C(=O)C[C@H](C(N)=O)[C@@H](C)CC. The number of phenolic OH excluding ortho intramolecular Hbond substituents is 1. The van der Waals surface area contributed by atoms with Crippen LogP contribution in [0.2, 0.25) is 0 Å². The molecule has 136 heavy (non-hydrogen) atoms. The van der Waals surface area contributed by atoms with Gasteiger partial charge in [-0.3, -0.25) is 81.9 Å². The third-order valence-electron chi connectivity index (χ3n) is 24.7. The largest absolute Gasteiger partial charge is 0.508 e. The number of aliphatic hydroxyl groups is 1. The van der Waals surface area contributed by atoms with Gasteiger partial charge in [0.05, 0.1) is 73.7 Å². The molecule has 0 fully saturated rings. The number of unbranched alkanes of at least 4 members (excludes halogenated alkanes) is 12. The summed E-state index contributed by atoms with van der Waals surface area (Å²) in [5.74, 6) is -14.0. The van der Waals surface area contributed by atoms with Gasteiger partial charge in [0, 0.05) is 143 Å². The second-order valence-corrected chi connectivity index (χ2v) is 37.9. The van der Waals surface area contributed by atoms with Gasteiger partial charge in [-0.1, -0.05) is 179 Å². The quantitative estimate of drug-likeness (QED) is 0.0112. The lowest BCUT2D eigenvalue weighted by atomic mass is 9.85. The van der Waals surface area contributed by atoms with E-state index in [1.807, 2.05) is 41.5 Å². The second kappa shape index (κ2) is 65.4. The number of ketones is 7. The van der Waals surface area contributed by atoms with Crippen molar-refractivity contribution in [2.24, 2.45) is 104 Å². The highest BCUT2D eigenvalue weighted by Gasteiger charge is 2.39. The maximum absolute atomic E-state index is 14.5.